The van der Waals surface area contributed by atoms with Crippen LogP contribution in [0.15, 0.2) is 42.5 Å². The highest BCUT2D eigenvalue weighted by Crippen LogP contribution is 2.28. The van der Waals surface area contributed by atoms with E-state index in [4.69, 9.17) is 11.6 Å². The third kappa shape index (κ3) is 5.26. The van der Waals surface area contributed by atoms with Crippen LogP contribution in [0.2, 0.25) is 5.02 Å². The number of benzene rings is 2. The smallest absolute Gasteiger partial charge is 0.244 e. The van der Waals surface area contributed by atoms with Gasteiger partial charge in [0.2, 0.25) is 15.9 Å². The van der Waals surface area contributed by atoms with Gasteiger partial charge in [0.05, 0.1) is 18.0 Å². The highest BCUT2D eigenvalue weighted by Gasteiger charge is 2.31. The number of anilines is 1. The fourth-order valence-electron chi connectivity index (χ4n) is 3.06. The molecule has 0 aliphatic carbocycles. The lowest BCUT2D eigenvalue weighted by molar-refractivity contribution is -0.122. The molecule has 0 aliphatic rings. The van der Waals surface area contributed by atoms with Crippen LogP contribution in [0.5, 0.6) is 0 Å². The number of nitrogens with one attached hydrogen (secondary N) is 1. The van der Waals surface area contributed by atoms with Crippen molar-refractivity contribution in [2.24, 2.45) is 0 Å². The van der Waals surface area contributed by atoms with Crippen LogP contribution in [0.3, 0.4) is 0 Å². The Hall–Kier alpha value is -2.05. The van der Waals surface area contributed by atoms with Gasteiger partial charge in [0.1, 0.15) is 6.04 Å². The molecule has 2 unspecified atom stereocenters. The molecule has 0 radical (unpaired) electrons. The highest BCUT2D eigenvalue weighted by atomic mass is 35.5. The van der Waals surface area contributed by atoms with E-state index in [0.717, 1.165) is 28.1 Å². The number of sulfonamides is 1. The summed E-state index contributed by atoms with van der Waals surface area (Å²) in [7, 11) is -3.70. The summed E-state index contributed by atoms with van der Waals surface area (Å²) in [6.07, 6.45) is 2.03. The van der Waals surface area contributed by atoms with Gasteiger partial charge in [-0.25, -0.2) is 8.42 Å². The Labute approximate surface area is 172 Å². The molecule has 2 atom stereocenters. The van der Waals surface area contributed by atoms with Gasteiger partial charge in [-0.15, -0.1) is 0 Å². The number of aryl methyl sites for hydroxylation is 2. The van der Waals surface area contributed by atoms with Gasteiger partial charge in [-0.05, 0) is 56.0 Å². The van der Waals surface area contributed by atoms with Crippen molar-refractivity contribution < 1.29 is 13.2 Å². The van der Waals surface area contributed by atoms with E-state index in [9.17, 15) is 13.2 Å². The average Bonchev–Trinajstić information content (AvgIpc) is 2.63. The second-order valence-corrected chi connectivity index (χ2v) is 9.29. The number of halogens is 1. The molecule has 0 saturated heterocycles. The first kappa shape index (κ1) is 22.2. The molecule has 7 heteroatoms. The topological polar surface area (TPSA) is 66.5 Å². The Morgan fingerprint density at radius 1 is 1.14 bits per heavy atom. The number of amides is 1. The normalized spacial score (nSPS) is 13.6. The van der Waals surface area contributed by atoms with Gasteiger partial charge < -0.3 is 5.32 Å². The Morgan fingerprint density at radius 2 is 1.75 bits per heavy atom. The van der Waals surface area contributed by atoms with Crippen LogP contribution < -0.4 is 9.62 Å². The molecule has 1 N–H and O–H groups in total. The molecule has 152 valence electrons. The lowest BCUT2D eigenvalue weighted by Crippen LogP contribution is -2.48. The van der Waals surface area contributed by atoms with Crippen LogP contribution in [0.1, 0.15) is 43.5 Å². The van der Waals surface area contributed by atoms with E-state index in [1.54, 1.807) is 32.0 Å². The van der Waals surface area contributed by atoms with Gasteiger partial charge in [0, 0.05) is 5.02 Å². The molecule has 0 saturated carbocycles. The maximum Gasteiger partial charge on any atom is 0.244 e. The zero-order valence-corrected chi connectivity index (χ0v) is 18.4. The summed E-state index contributed by atoms with van der Waals surface area (Å²) in [4.78, 5) is 12.9. The number of hydrogen-bond donors (Lipinski definition) is 1. The van der Waals surface area contributed by atoms with E-state index in [-0.39, 0.29) is 11.9 Å². The maximum atomic E-state index is 12.9. The van der Waals surface area contributed by atoms with Gasteiger partial charge in [-0.3, -0.25) is 9.10 Å². The van der Waals surface area contributed by atoms with Crippen molar-refractivity contribution in [2.45, 2.75) is 46.2 Å². The minimum absolute atomic E-state index is 0.247. The minimum atomic E-state index is -3.70. The number of rotatable bonds is 7. The lowest BCUT2D eigenvalue weighted by Gasteiger charge is -2.30. The van der Waals surface area contributed by atoms with Crippen molar-refractivity contribution in [3.05, 3.63) is 64.2 Å². The van der Waals surface area contributed by atoms with Crippen molar-refractivity contribution >= 4 is 33.2 Å². The van der Waals surface area contributed by atoms with E-state index >= 15 is 0 Å². The van der Waals surface area contributed by atoms with Crippen LogP contribution in [0.25, 0.3) is 0 Å². The molecule has 28 heavy (non-hydrogen) atoms. The Kier molecular flexibility index (Phi) is 7.12. The van der Waals surface area contributed by atoms with Crippen LogP contribution in [-0.4, -0.2) is 26.6 Å². The fraction of sp³-hybridized carbons (Fsp3) is 0.381. The van der Waals surface area contributed by atoms with Crippen molar-refractivity contribution in [3.8, 4) is 0 Å². The second-order valence-electron chi connectivity index (χ2n) is 6.99. The summed E-state index contributed by atoms with van der Waals surface area (Å²) >= 11 is 6.06. The molecule has 0 aromatic heterocycles. The number of hydrogen-bond acceptors (Lipinski definition) is 3. The fourth-order valence-corrected chi connectivity index (χ4v) is 4.45. The average molecular weight is 423 g/mol. The monoisotopic (exact) mass is 422 g/mol. The minimum Gasteiger partial charge on any atom is -0.348 e. The van der Waals surface area contributed by atoms with Crippen molar-refractivity contribution in [3.63, 3.8) is 0 Å². The van der Waals surface area contributed by atoms with Crippen molar-refractivity contribution in [1.82, 2.24) is 5.32 Å². The molecule has 2 aromatic rings. The van der Waals surface area contributed by atoms with Crippen molar-refractivity contribution in [2.75, 3.05) is 10.6 Å². The second kappa shape index (κ2) is 8.97. The highest BCUT2D eigenvalue weighted by molar-refractivity contribution is 7.92. The first-order chi connectivity index (χ1) is 13.0. The summed E-state index contributed by atoms with van der Waals surface area (Å²) in [5, 5.41) is 3.32. The maximum absolute atomic E-state index is 12.9. The zero-order chi connectivity index (χ0) is 21.1. The van der Waals surface area contributed by atoms with E-state index in [2.05, 4.69) is 12.2 Å². The van der Waals surface area contributed by atoms with Crippen LogP contribution in [0.4, 0.5) is 5.69 Å². The Bertz CT molecular complexity index is 943. The third-order valence-electron chi connectivity index (χ3n) is 4.74. The number of carbonyl (C=O) groups is 1. The van der Waals surface area contributed by atoms with Crippen LogP contribution in [-0.2, 0) is 21.2 Å². The first-order valence-corrected chi connectivity index (χ1v) is 11.4. The summed E-state index contributed by atoms with van der Waals surface area (Å²) in [6.45, 7) is 7.32. The Balaban J connectivity index is 2.27. The number of carbonyl (C=O) groups excluding carboxylic acids is 1. The predicted molar refractivity (Wildman–Crippen MR) is 115 cm³/mol. The molecule has 5 nitrogen and oxygen atoms in total. The Morgan fingerprint density at radius 3 is 2.29 bits per heavy atom. The summed E-state index contributed by atoms with van der Waals surface area (Å²) in [6, 6.07) is 11.8. The quantitative estimate of drug-likeness (QED) is 0.725. The zero-order valence-electron chi connectivity index (χ0n) is 16.9. The molecule has 0 spiro atoms. The molecule has 0 fully saturated rings. The van der Waals surface area contributed by atoms with E-state index in [1.165, 1.54) is 5.56 Å². The van der Waals surface area contributed by atoms with Gasteiger partial charge in [0.25, 0.3) is 0 Å². The lowest BCUT2D eigenvalue weighted by atomic mass is 10.0. The number of nitrogens with zero attached hydrogens (tertiary/aromatic N) is 1. The SMILES string of the molecule is CCc1ccc(C(C)NC(=O)C(C)N(c2cc(Cl)ccc2C)S(C)(=O)=O)cc1. The molecule has 1 amide bonds. The van der Waals surface area contributed by atoms with Crippen LogP contribution >= 0.6 is 11.6 Å². The first-order valence-electron chi connectivity index (χ1n) is 9.19. The van der Waals surface area contributed by atoms with E-state index < -0.39 is 16.1 Å². The van der Waals surface area contributed by atoms with Gasteiger partial charge >= 0.3 is 0 Å². The predicted octanol–water partition coefficient (Wildman–Crippen LogP) is 4.24. The molecule has 0 bridgehead atoms. The van der Waals surface area contributed by atoms with Crippen molar-refractivity contribution in [1.29, 1.82) is 0 Å². The molecular weight excluding hydrogens is 396 g/mol. The molecule has 2 aromatic carbocycles. The van der Waals surface area contributed by atoms with Crippen LogP contribution in [0, 0.1) is 6.92 Å². The summed E-state index contributed by atoms with van der Waals surface area (Å²) in [5.41, 5.74) is 3.30. The van der Waals surface area contributed by atoms with Gasteiger partial charge in [-0.2, -0.15) is 0 Å². The largest absolute Gasteiger partial charge is 0.348 e. The summed E-state index contributed by atoms with van der Waals surface area (Å²) < 4.78 is 26.1. The molecular formula is C21H27ClN2O3S. The van der Waals surface area contributed by atoms with E-state index in [0.29, 0.717) is 10.7 Å². The van der Waals surface area contributed by atoms with Gasteiger partial charge in [-0.1, -0.05) is 48.9 Å². The molecule has 0 heterocycles. The summed E-state index contributed by atoms with van der Waals surface area (Å²) in [5.74, 6) is -0.378. The standard InChI is InChI=1S/C21H27ClN2O3S/c1-6-17-8-10-18(11-9-17)15(3)23-21(25)16(4)24(28(5,26)27)20-13-19(22)12-7-14(20)2/h7-13,15-16H,6H2,1-5H3,(H,23,25). The third-order valence-corrected chi connectivity index (χ3v) is 6.21. The van der Waals surface area contributed by atoms with Gasteiger partial charge in [0.15, 0.2) is 0 Å². The molecule has 2 rings (SSSR count). The molecule has 0 aliphatic heterocycles. The van der Waals surface area contributed by atoms with E-state index in [1.807, 2.05) is 31.2 Å².